The second-order valence-electron chi connectivity index (χ2n) is 3.53. The van der Waals surface area contributed by atoms with Gasteiger partial charge in [-0.05, 0) is 31.5 Å². The molecule has 2 atom stereocenters. The Kier molecular flexibility index (Phi) is 4.39. The van der Waals surface area contributed by atoms with Crippen molar-refractivity contribution in [1.82, 2.24) is 5.32 Å². The number of rotatable bonds is 4. The summed E-state index contributed by atoms with van der Waals surface area (Å²) in [6.07, 6.45) is 0. The molecule has 0 aliphatic heterocycles. The van der Waals surface area contributed by atoms with Crippen LogP contribution in [-0.4, -0.2) is 17.8 Å². The number of nitrogens with one attached hydrogen (secondary N) is 1. The van der Waals surface area contributed by atoms with E-state index < -0.39 is 0 Å². The summed E-state index contributed by atoms with van der Waals surface area (Å²) in [7, 11) is 0. The van der Waals surface area contributed by atoms with Crippen molar-refractivity contribution in [1.29, 1.82) is 0 Å². The number of aliphatic hydroxyl groups is 1. The van der Waals surface area contributed by atoms with E-state index in [2.05, 4.69) is 12.2 Å². The summed E-state index contributed by atoms with van der Waals surface area (Å²) in [5.74, 6) is 0. The van der Waals surface area contributed by atoms with Gasteiger partial charge in [-0.3, -0.25) is 0 Å². The Morgan fingerprint density at radius 1 is 1.43 bits per heavy atom. The molecule has 2 N–H and O–H groups in total. The summed E-state index contributed by atoms with van der Waals surface area (Å²) in [5, 5.41) is 12.9. The highest BCUT2D eigenvalue weighted by Crippen LogP contribution is 2.17. The normalized spacial score (nSPS) is 15.1. The molecule has 78 valence electrons. The summed E-state index contributed by atoms with van der Waals surface area (Å²) in [4.78, 5) is 0. The number of hydrogen-bond donors (Lipinski definition) is 2. The van der Waals surface area contributed by atoms with E-state index in [4.69, 9.17) is 16.7 Å². The largest absolute Gasteiger partial charge is 0.395 e. The second kappa shape index (κ2) is 5.35. The van der Waals surface area contributed by atoms with Crippen molar-refractivity contribution in [2.45, 2.75) is 25.9 Å². The molecular weight excluding hydrogens is 198 g/mol. The Morgan fingerprint density at radius 2 is 2.14 bits per heavy atom. The van der Waals surface area contributed by atoms with Crippen LogP contribution in [-0.2, 0) is 0 Å². The Morgan fingerprint density at radius 3 is 2.71 bits per heavy atom. The highest BCUT2D eigenvalue weighted by atomic mass is 35.5. The minimum atomic E-state index is 0.101. The van der Waals surface area contributed by atoms with Gasteiger partial charge in [-0.2, -0.15) is 0 Å². The number of benzene rings is 1. The smallest absolute Gasteiger partial charge is 0.0582 e. The first-order valence-electron chi connectivity index (χ1n) is 4.76. The Bertz CT molecular complexity index is 290. The molecule has 0 radical (unpaired) electrons. The molecule has 0 unspecified atom stereocenters. The van der Waals surface area contributed by atoms with Crippen LogP contribution in [0.3, 0.4) is 0 Å². The SMILES string of the molecule is C[C@@H](CO)N[C@H](C)c1cccc(Cl)c1. The zero-order valence-corrected chi connectivity index (χ0v) is 9.25. The fourth-order valence-corrected chi connectivity index (χ4v) is 1.55. The maximum absolute atomic E-state index is 8.90. The minimum absolute atomic E-state index is 0.101. The molecular formula is C11H16ClNO. The van der Waals surface area contributed by atoms with E-state index in [0.717, 1.165) is 10.6 Å². The van der Waals surface area contributed by atoms with E-state index in [-0.39, 0.29) is 18.7 Å². The maximum Gasteiger partial charge on any atom is 0.0582 e. The molecule has 1 aromatic rings. The topological polar surface area (TPSA) is 32.3 Å². The first kappa shape index (κ1) is 11.5. The summed E-state index contributed by atoms with van der Waals surface area (Å²) < 4.78 is 0. The van der Waals surface area contributed by atoms with Gasteiger partial charge in [0.25, 0.3) is 0 Å². The lowest BCUT2D eigenvalue weighted by Gasteiger charge is -2.18. The van der Waals surface area contributed by atoms with Gasteiger partial charge in [-0.15, -0.1) is 0 Å². The number of halogens is 1. The van der Waals surface area contributed by atoms with E-state index in [0.29, 0.717) is 0 Å². The van der Waals surface area contributed by atoms with E-state index in [1.807, 2.05) is 31.2 Å². The molecule has 0 aromatic heterocycles. The van der Waals surface area contributed by atoms with Crippen LogP contribution >= 0.6 is 11.6 Å². The zero-order chi connectivity index (χ0) is 10.6. The summed E-state index contributed by atoms with van der Waals surface area (Å²) in [6, 6.07) is 8.05. The molecule has 3 heteroatoms. The van der Waals surface area contributed by atoms with Crippen LogP contribution in [0, 0.1) is 0 Å². The molecule has 1 rings (SSSR count). The van der Waals surface area contributed by atoms with Crippen molar-refractivity contribution < 1.29 is 5.11 Å². The van der Waals surface area contributed by atoms with Gasteiger partial charge in [0.15, 0.2) is 0 Å². The van der Waals surface area contributed by atoms with Crippen molar-refractivity contribution in [3.05, 3.63) is 34.9 Å². The molecule has 0 aliphatic rings. The van der Waals surface area contributed by atoms with E-state index >= 15 is 0 Å². The first-order chi connectivity index (χ1) is 6.63. The van der Waals surface area contributed by atoms with Gasteiger partial charge in [0.05, 0.1) is 6.61 Å². The lowest BCUT2D eigenvalue weighted by Crippen LogP contribution is -2.31. The molecule has 2 nitrogen and oxygen atoms in total. The second-order valence-corrected chi connectivity index (χ2v) is 3.96. The van der Waals surface area contributed by atoms with Crippen LogP contribution < -0.4 is 5.32 Å². The minimum Gasteiger partial charge on any atom is -0.395 e. The van der Waals surface area contributed by atoms with Crippen molar-refractivity contribution >= 4 is 11.6 Å². The summed E-state index contributed by atoms with van der Waals surface area (Å²) in [5.41, 5.74) is 1.14. The molecule has 0 amide bonds. The monoisotopic (exact) mass is 213 g/mol. The van der Waals surface area contributed by atoms with Crippen LogP contribution in [0.25, 0.3) is 0 Å². The average molecular weight is 214 g/mol. The van der Waals surface area contributed by atoms with Gasteiger partial charge in [0.1, 0.15) is 0 Å². The third kappa shape index (κ3) is 3.29. The third-order valence-electron chi connectivity index (χ3n) is 2.16. The third-order valence-corrected chi connectivity index (χ3v) is 2.39. The predicted molar refractivity (Wildman–Crippen MR) is 59.6 cm³/mol. The van der Waals surface area contributed by atoms with Crippen molar-refractivity contribution in [3.63, 3.8) is 0 Å². The molecule has 1 aromatic carbocycles. The van der Waals surface area contributed by atoms with Gasteiger partial charge in [0.2, 0.25) is 0 Å². The van der Waals surface area contributed by atoms with E-state index in [1.54, 1.807) is 0 Å². The molecule has 0 heterocycles. The van der Waals surface area contributed by atoms with Crippen molar-refractivity contribution in [2.75, 3.05) is 6.61 Å². The van der Waals surface area contributed by atoms with Crippen LogP contribution in [0.4, 0.5) is 0 Å². The molecule has 14 heavy (non-hydrogen) atoms. The van der Waals surface area contributed by atoms with Gasteiger partial charge in [-0.25, -0.2) is 0 Å². The summed E-state index contributed by atoms with van der Waals surface area (Å²) >= 11 is 5.88. The van der Waals surface area contributed by atoms with E-state index in [9.17, 15) is 0 Å². The Hall–Kier alpha value is -0.570. The molecule has 0 spiro atoms. The van der Waals surface area contributed by atoms with Crippen LogP contribution in [0.2, 0.25) is 5.02 Å². The van der Waals surface area contributed by atoms with E-state index in [1.165, 1.54) is 0 Å². The highest BCUT2D eigenvalue weighted by molar-refractivity contribution is 6.30. The first-order valence-corrected chi connectivity index (χ1v) is 5.13. The molecule has 0 aliphatic carbocycles. The quantitative estimate of drug-likeness (QED) is 0.805. The van der Waals surface area contributed by atoms with Crippen LogP contribution in [0.15, 0.2) is 24.3 Å². The lowest BCUT2D eigenvalue weighted by molar-refractivity contribution is 0.243. The fraction of sp³-hybridized carbons (Fsp3) is 0.455. The van der Waals surface area contributed by atoms with Crippen molar-refractivity contribution in [3.8, 4) is 0 Å². The molecule has 0 saturated carbocycles. The average Bonchev–Trinajstić information content (AvgIpc) is 2.17. The lowest BCUT2D eigenvalue weighted by atomic mass is 10.1. The fourth-order valence-electron chi connectivity index (χ4n) is 1.35. The molecule has 0 saturated heterocycles. The predicted octanol–water partition coefficient (Wildman–Crippen LogP) is 2.37. The molecule has 0 fully saturated rings. The maximum atomic E-state index is 8.90. The van der Waals surface area contributed by atoms with Gasteiger partial charge < -0.3 is 10.4 Å². The Labute approximate surface area is 89.9 Å². The van der Waals surface area contributed by atoms with Gasteiger partial charge >= 0.3 is 0 Å². The Balaban J connectivity index is 2.64. The highest BCUT2D eigenvalue weighted by Gasteiger charge is 2.08. The van der Waals surface area contributed by atoms with Crippen LogP contribution in [0.1, 0.15) is 25.5 Å². The number of aliphatic hydroxyl groups excluding tert-OH is 1. The van der Waals surface area contributed by atoms with Gasteiger partial charge in [0, 0.05) is 17.1 Å². The number of hydrogen-bond acceptors (Lipinski definition) is 2. The van der Waals surface area contributed by atoms with Crippen LogP contribution in [0.5, 0.6) is 0 Å². The van der Waals surface area contributed by atoms with Gasteiger partial charge in [-0.1, -0.05) is 23.7 Å². The zero-order valence-electron chi connectivity index (χ0n) is 8.50. The molecule has 0 bridgehead atoms. The van der Waals surface area contributed by atoms with Crippen molar-refractivity contribution in [2.24, 2.45) is 0 Å². The standard InChI is InChI=1S/C11H16ClNO/c1-8(7-14)13-9(2)10-4-3-5-11(12)6-10/h3-6,8-9,13-14H,7H2,1-2H3/t8-,9+/m0/s1. The summed E-state index contributed by atoms with van der Waals surface area (Å²) in [6.45, 7) is 4.14.